The summed E-state index contributed by atoms with van der Waals surface area (Å²) in [5.74, 6) is 0.830. The van der Waals surface area contributed by atoms with Crippen molar-refractivity contribution in [3.05, 3.63) is 0 Å². The third-order valence-corrected chi connectivity index (χ3v) is 5.81. The Kier molecular flexibility index (Phi) is 4.20. The molecule has 0 N–H and O–H groups in total. The normalized spacial score (nSPS) is 40.2. The molecule has 104 valence electrons. The fraction of sp³-hybridized carbons (Fsp3) is 1.00. The second-order valence-corrected chi connectivity index (χ2v) is 7.51. The van der Waals surface area contributed by atoms with Crippen molar-refractivity contribution in [2.75, 3.05) is 0 Å². The zero-order chi connectivity index (χ0) is 12.4. The second-order valence-electron chi connectivity index (χ2n) is 6.89. The molecule has 2 saturated carbocycles. The van der Waals surface area contributed by atoms with Crippen molar-refractivity contribution in [3.63, 3.8) is 0 Å². The molecule has 18 heavy (non-hydrogen) atoms. The highest BCUT2D eigenvalue weighted by Gasteiger charge is 2.42. The summed E-state index contributed by atoms with van der Waals surface area (Å²) in [5.41, 5.74) is 0.315. The zero-order valence-electron chi connectivity index (χ0n) is 11.5. The summed E-state index contributed by atoms with van der Waals surface area (Å²) in [7, 11) is 0. The first-order valence-electron chi connectivity index (χ1n) is 8.08. The number of ether oxygens (including phenoxy) is 1. The van der Waals surface area contributed by atoms with Gasteiger partial charge in [0.15, 0.2) is 0 Å². The highest BCUT2D eigenvalue weighted by atomic mass is 35.5. The maximum absolute atomic E-state index is 6.45. The molecule has 3 fully saturated rings. The number of hydrogen-bond acceptors (Lipinski definition) is 1. The highest BCUT2D eigenvalue weighted by molar-refractivity contribution is 6.20. The number of alkyl halides is 1. The molecule has 3 unspecified atom stereocenters. The Morgan fingerprint density at radius 1 is 0.944 bits per heavy atom. The van der Waals surface area contributed by atoms with Gasteiger partial charge in [-0.1, -0.05) is 32.1 Å². The molecule has 0 aromatic carbocycles. The number of hydrogen-bond donors (Lipinski definition) is 0. The molecule has 3 aliphatic rings. The zero-order valence-corrected chi connectivity index (χ0v) is 12.3. The summed E-state index contributed by atoms with van der Waals surface area (Å²) >= 11 is 6.38. The molecule has 0 aromatic heterocycles. The molecule has 0 bridgehead atoms. The van der Waals surface area contributed by atoms with E-state index in [1.54, 1.807) is 0 Å². The minimum absolute atomic E-state index is 0.315. The maximum Gasteiger partial charge on any atom is 0.0687 e. The van der Waals surface area contributed by atoms with Crippen molar-refractivity contribution in [1.82, 2.24) is 0 Å². The lowest BCUT2D eigenvalue weighted by atomic mass is 9.92. The second kappa shape index (κ2) is 5.71. The summed E-state index contributed by atoms with van der Waals surface area (Å²) < 4.78 is 6.45. The average molecular weight is 271 g/mol. The quantitative estimate of drug-likeness (QED) is 0.504. The molecule has 3 rings (SSSR count). The van der Waals surface area contributed by atoms with Crippen LogP contribution in [0.15, 0.2) is 0 Å². The third-order valence-electron chi connectivity index (χ3n) is 5.42. The van der Waals surface area contributed by atoms with E-state index in [0.717, 1.165) is 5.92 Å². The van der Waals surface area contributed by atoms with Gasteiger partial charge in [-0.3, -0.25) is 0 Å². The van der Waals surface area contributed by atoms with E-state index in [1.807, 2.05) is 0 Å². The van der Waals surface area contributed by atoms with E-state index in [0.29, 0.717) is 17.1 Å². The van der Waals surface area contributed by atoms with Crippen LogP contribution in [0.25, 0.3) is 0 Å². The Labute approximate surface area is 117 Å². The molecular weight excluding hydrogens is 244 g/mol. The van der Waals surface area contributed by atoms with Crippen LogP contribution >= 0.6 is 11.6 Å². The molecule has 1 aliphatic heterocycles. The lowest BCUT2D eigenvalue weighted by molar-refractivity contribution is -0.0447. The van der Waals surface area contributed by atoms with E-state index in [4.69, 9.17) is 16.3 Å². The van der Waals surface area contributed by atoms with Crippen molar-refractivity contribution in [1.29, 1.82) is 0 Å². The summed E-state index contributed by atoms with van der Waals surface area (Å²) in [6.45, 7) is 0. The monoisotopic (exact) mass is 270 g/mol. The van der Waals surface area contributed by atoms with E-state index in [9.17, 15) is 0 Å². The minimum atomic E-state index is 0.315. The van der Waals surface area contributed by atoms with Gasteiger partial charge in [-0.15, -0.1) is 11.6 Å². The molecule has 1 saturated heterocycles. The average Bonchev–Trinajstić information content (AvgIpc) is 2.90. The molecule has 0 aromatic rings. The topological polar surface area (TPSA) is 9.23 Å². The maximum atomic E-state index is 6.45. The highest BCUT2D eigenvalue weighted by Crippen LogP contribution is 2.45. The Bertz CT molecular complexity index is 272. The Morgan fingerprint density at radius 3 is 2.56 bits per heavy atom. The van der Waals surface area contributed by atoms with Crippen molar-refractivity contribution >= 4 is 11.6 Å². The van der Waals surface area contributed by atoms with Crippen LogP contribution < -0.4 is 0 Å². The first-order valence-corrected chi connectivity index (χ1v) is 8.51. The van der Waals surface area contributed by atoms with Crippen LogP contribution in [-0.4, -0.2) is 17.1 Å². The van der Waals surface area contributed by atoms with Gasteiger partial charge in [-0.25, -0.2) is 0 Å². The third kappa shape index (κ3) is 3.04. The van der Waals surface area contributed by atoms with Gasteiger partial charge in [-0.05, 0) is 50.9 Å². The van der Waals surface area contributed by atoms with Crippen molar-refractivity contribution in [2.45, 2.75) is 94.1 Å². The Balaban J connectivity index is 1.51. The van der Waals surface area contributed by atoms with Crippen LogP contribution in [0.4, 0.5) is 0 Å². The van der Waals surface area contributed by atoms with Crippen LogP contribution in [0.1, 0.15) is 77.0 Å². The summed E-state index contributed by atoms with van der Waals surface area (Å²) in [5, 5.41) is 0.430. The van der Waals surface area contributed by atoms with Gasteiger partial charge >= 0.3 is 0 Å². The summed E-state index contributed by atoms with van der Waals surface area (Å²) in [4.78, 5) is 0. The van der Waals surface area contributed by atoms with Crippen molar-refractivity contribution in [3.8, 4) is 0 Å². The van der Waals surface area contributed by atoms with Crippen LogP contribution in [-0.2, 0) is 4.74 Å². The van der Waals surface area contributed by atoms with E-state index < -0.39 is 0 Å². The van der Waals surface area contributed by atoms with E-state index in [1.165, 1.54) is 77.0 Å². The molecule has 1 nitrogen and oxygen atoms in total. The Hall–Kier alpha value is 0.250. The SMILES string of the molecule is ClC1CCCCC(CC2CCC3(CCCC3)O2)C1. The Morgan fingerprint density at radius 2 is 1.72 bits per heavy atom. The number of halogens is 1. The van der Waals surface area contributed by atoms with Crippen molar-refractivity contribution < 1.29 is 4.74 Å². The van der Waals surface area contributed by atoms with Gasteiger partial charge in [0, 0.05) is 5.38 Å². The lowest BCUT2D eigenvalue weighted by Crippen LogP contribution is -2.26. The molecule has 0 radical (unpaired) electrons. The summed E-state index contributed by atoms with van der Waals surface area (Å²) in [6.07, 6.45) is 16.5. The smallest absolute Gasteiger partial charge is 0.0687 e. The molecular formula is C16H27ClO. The minimum Gasteiger partial charge on any atom is -0.372 e. The van der Waals surface area contributed by atoms with Gasteiger partial charge in [0.2, 0.25) is 0 Å². The van der Waals surface area contributed by atoms with Gasteiger partial charge in [0.1, 0.15) is 0 Å². The van der Waals surface area contributed by atoms with E-state index in [2.05, 4.69) is 0 Å². The fourth-order valence-corrected chi connectivity index (χ4v) is 4.84. The van der Waals surface area contributed by atoms with Crippen LogP contribution in [0.2, 0.25) is 0 Å². The van der Waals surface area contributed by atoms with E-state index in [-0.39, 0.29) is 0 Å². The van der Waals surface area contributed by atoms with Crippen LogP contribution in [0, 0.1) is 5.92 Å². The number of rotatable bonds is 2. The van der Waals surface area contributed by atoms with E-state index >= 15 is 0 Å². The van der Waals surface area contributed by atoms with Crippen LogP contribution in [0.3, 0.4) is 0 Å². The molecule has 1 heterocycles. The standard InChI is InChI=1S/C16H27ClO/c17-14-6-2-1-5-13(11-14)12-15-7-10-16(18-15)8-3-4-9-16/h13-15H,1-12H2. The predicted molar refractivity (Wildman–Crippen MR) is 76.1 cm³/mol. The van der Waals surface area contributed by atoms with Gasteiger partial charge in [0.25, 0.3) is 0 Å². The van der Waals surface area contributed by atoms with Gasteiger partial charge in [0.05, 0.1) is 11.7 Å². The first-order chi connectivity index (χ1) is 8.76. The van der Waals surface area contributed by atoms with Gasteiger partial charge in [-0.2, -0.15) is 0 Å². The molecule has 2 aliphatic carbocycles. The van der Waals surface area contributed by atoms with Gasteiger partial charge < -0.3 is 4.74 Å². The molecule has 0 amide bonds. The molecule has 1 spiro atoms. The largest absolute Gasteiger partial charge is 0.372 e. The predicted octanol–water partition coefficient (Wildman–Crippen LogP) is 5.06. The first kappa shape index (κ1) is 13.2. The van der Waals surface area contributed by atoms with Crippen LogP contribution in [0.5, 0.6) is 0 Å². The fourth-order valence-electron chi connectivity index (χ4n) is 4.43. The molecule has 2 heteroatoms. The lowest BCUT2D eigenvalue weighted by Gasteiger charge is -2.26. The summed E-state index contributed by atoms with van der Waals surface area (Å²) in [6, 6.07) is 0. The molecule has 3 atom stereocenters. The van der Waals surface area contributed by atoms with Crippen molar-refractivity contribution in [2.24, 2.45) is 5.92 Å².